The molecule has 1 rings (SSSR count). The van der Waals surface area contributed by atoms with E-state index in [0.717, 1.165) is 109 Å². The third-order valence-corrected chi connectivity index (χ3v) is 11.1. The van der Waals surface area contributed by atoms with E-state index < -0.39 is 5.79 Å². The fourth-order valence-electron chi connectivity index (χ4n) is 7.05. The van der Waals surface area contributed by atoms with Crippen molar-refractivity contribution in [1.29, 1.82) is 0 Å². The second kappa shape index (κ2) is 33.1. The first-order valence-corrected chi connectivity index (χ1v) is 22.3. The van der Waals surface area contributed by atoms with Gasteiger partial charge in [0.1, 0.15) is 0 Å². The highest BCUT2D eigenvalue weighted by molar-refractivity contribution is 5.69. The van der Waals surface area contributed by atoms with Crippen molar-refractivity contribution in [3.63, 3.8) is 0 Å². The maximum Gasteiger partial charge on any atom is 0.305 e. The molecule has 0 N–H and O–H groups in total. The molecule has 1 heterocycles. The molecule has 0 aliphatic carbocycles. The van der Waals surface area contributed by atoms with Gasteiger partial charge < -0.3 is 23.8 Å². The van der Waals surface area contributed by atoms with Crippen LogP contribution in [-0.4, -0.2) is 68.2 Å². The fourth-order valence-corrected chi connectivity index (χ4v) is 7.05. The molecule has 0 aromatic heterocycles. The SMILES string of the molecule is C=C=C=C=CC(CCCCC)CCOC(=O)CCCCCCCC1(CCCCCCCC(=O)OCCC(C)CCCCC)OCC(CCN(C)C(C)C)O1. The summed E-state index contributed by atoms with van der Waals surface area (Å²) in [4.78, 5) is 27.0. The van der Waals surface area contributed by atoms with E-state index in [4.69, 9.17) is 18.9 Å². The van der Waals surface area contributed by atoms with Crippen LogP contribution in [0.1, 0.15) is 195 Å². The first kappa shape index (κ1) is 49.9. The number of hydrogen-bond donors (Lipinski definition) is 0. The molecule has 4 atom stereocenters. The second-order valence-corrected chi connectivity index (χ2v) is 16.3. The van der Waals surface area contributed by atoms with Gasteiger partial charge in [0.15, 0.2) is 5.79 Å². The minimum Gasteiger partial charge on any atom is -0.466 e. The fraction of sp³-hybridized carbons (Fsp3) is 0.851. The minimum atomic E-state index is -0.482. The monoisotopic (exact) mass is 758 g/mol. The quantitative estimate of drug-likeness (QED) is 0.0362. The van der Waals surface area contributed by atoms with Crippen LogP contribution in [0.5, 0.6) is 0 Å². The molecule has 1 fully saturated rings. The van der Waals surface area contributed by atoms with Gasteiger partial charge in [-0.25, -0.2) is 0 Å². The van der Waals surface area contributed by atoms with Crippen LogP contribution in [0.15, 0.2) is 29.8 Å². The van der Waals surface area contributed by atoms with E-state index in [0.29, 0.717) is 50.5 Å². The van der Waals surface area contributed by atoms with E-state index in [1.54, 1.807) is 0 Å². The standard InChI is InChI=1S/C47H83NO6/c1-8-11-20-27-42(6)33-38-51-45(49)30-23-16-14-18-25-35-47(53-40-44(54-47)32-37-48(7)41(4)5)36-26-19-15-17-24-31-46(50)52-39-34-43(28-21-12-9-2)29-22-13-10-3/h28,41-44H,2,8,10-11,13-20,22-27,29-40H2,1,3-7H3. The van der Waals surface area contributed by atoms with E-state index in [2.05, 4.69) is 70.3 Å². The van der Waals surface area contributed by atoms with Gasteiger partial charge >= 0.3 is 11.9 Å². The van der Waals surface area contributed by atoms with Crippen molar-refractivity contribution in [2.24, 2.45) is 11.8 Å². The second-order valence-electron chi connectivity index (χ2n) is 16.3. The third kappa shape index (κ3) is 26.7. The van der Waals surface area contributed by atoms with Gasteiger partial charge in [0.25, 0.3) is 0 Å². The lowest BCUT2D eigenvalue weighted by Crippen LogP contribution is -2.33. The summed E-state index contributed by atoms with van der Waals surface area (Å²) < 4.78 is 24.3. The van der Waals surface area contributed by atoms with Crippen LogP contribution in [0.25, 0.3) is 0 Å². The largest absolute Gasteiger partial charge is 0.466 e. The molecule has 0 amide bonds. The maximum absolute atomic E-state index is 12.4. The van der Waals surface area contributed by atoms with E-state index in [9.17, 15) is 9.59 Å². The van der Waals surface area contributed by atoms with Crippen molar-refractivity contribution in [2.75, 3.05) is 33.4 Å². The van der Waals surface area contributed by atoms with Gasteiger partial charge in [-0.1, -0.05) is 116 Å². The Morgan fingerprint density at radius 1 is 0.778 bits per heavy atom. The summed E-state index contributed by atoms with van der Waals surface area (Å²) in [5, 5.41) is 0. The van der Waals surface area contributed by atoms with Gasteiger partial charge in [0, 0.05) is 38.3 Å². The average molecular weight is 758 g/mol. The van der Waals surface area contributed by atoms with Gasteiger partial charge in [0.05, 0.1) is 25.9 Å². The Kier molecular flexibility index (Phi) is 30.6. The van der Waals surface area contributed by atoms with Gasteiger partial charge in [-0.2, -0.15) is 0 Å². The molecule has 0 aromatic carbocycles. The van der Waals surface area contributed by atoms with E-state index in [1.165, 1.54) is 44.9 Å². The molecule has 4 unspecified atom stereocenters. The van der Waals surface area contributed by atoms with Crippen molar-refractivity contribution in [3.8, 4) is 0 Å². The van der Waals surface area contributed by atoms with Gasteiger partial charge in [-0.05, 0) is 102 Å². The molecule has 1 aliphatic rings. The van der Waals surface area contributed by atoms with Crippen LogP contribution in [0.4, 0.5) is 0 Å². The highest BCUT2D eigenvalue weighted by Crippen LogP contribution is 2.35. The average Bonchev–Trinajstić information content (AvgIpc) is 3.55. The lowest BCUT2D eigenvalue weighted by Gasteiger charge is -2.29. The molecule has 0 bridgehead atoms. The number of unbranched alkanes of at least 4 members (excludes halogenated alkanes) is 12. The molecular weight excluding hydrogens is 675 g/mol. The zero-order valence-corrected chi connectivity index (χ0v) is 36.0. The summed E-state index contributed by atoms with van der Waals surface area (Å²) >= 11 is 0. The molecule has 0 radical (unpaired) electrons. The van der Waals surface area contributed by atoms with Gasteiger partial charge in [-0.3, -0.25) is 9.59 Å². The minimum absolute atomic E-state index is 0.0436. The summed E-state index contributed by atoms with van der Waals surface area (Å²) in [5.41, 5.74) is 8.40. The number of hydrogen-bond acceptors (Lipinski definition) is 7. The van der Waals surface area contributed by atoms with Crippen LogP contribution < -0.4 is 0 Å². The van der Waals surface area contributed by atoms with Crippen LogP contribution in [-0.2, 0) is 28.5 Å². The van der Waals surface area contributed by atoms with Crippen molar-refractivity contribution < 1.29 is 28.5 Å². The van der Waals surface area contributed by atoms with E-state index >= 15 is 0 Å². The van der Waals surface area contributed by atoms with Gasteiger partial charge in [-0.15, -0.1) is 0 Å². The number of allylic oxidation sites excluding steroid dienone is 1. The molecule has 0 aromatic rings. The summed E-state index contributed by atoms with van der Waals surface area (Å²) in [7, 11) is 2.17. The molecule has 1 aliphatic heterocycles. The summed E-state index contributed by atoms with van der Waals surface area (Å²) in [6, 6.07) is 0.517. The van der Waals surface area contributed by atoms with Crippen molar-refractivity contribution >= 4 is 11.9 Å². The van der Waals surface area contributed by atoms with Crippen molar-refractivity contribution in [1.82, 2.24) is 4.90 Å². The third-order valence-electron chi connectivity index (χ3n) is 11.1. The Hall–Kier alpha value is -2.10. The van der Waals surface area contributed by atoms with Crippen LogP contribution in [0.3, 0.4) is 0 Å². The zero-order chi connectivity index (χ0) is 39.7. The number of rotatable bonds is 35. The number of carbonyl (C=O) groups excluding carboxylic acids is 2. The topological polar surface area (TPSA) is 74.3 Å². The maximum atomic E-state index is 12.4. The number of esters is 2. The Bertz CT molecular complexity index is 1070. The highest BCUT2D eigenvalue weighted by atomic mass is 16.7. The summed E-state index contributed by atoms with van der Waals surface area (Å²) in [6.07, 6.45) is 27.9. The summed E-state index contributed by atoms with van der Waals surface area (Å²) in [6.45, 7) is 17.4. The molecule has 1 saturated heterocycles. The van der Waals surface area contributed by atoms with E-state index in [1.807, 2.05) is 6.08 Å². The normalized spacial score (nSPS) is 17.9. The molecule has 312 valence electrons. The first-order valence-electron chi connectivity index (χ1n) is 22.3. The van der Waals surface area contributed by atoms with Gasteiger partial charge in [0.2, 0.25) is 0 Å². The molecular formula is C47H83NO6. The molecule has 0 saturated carbocycles. The van der Waals surface area contributed by atoms with Crippen LogP contribution in [0.2, 0.25) is 0 Å². The lowest BCUT2D eigenvalue weighted by molar-refractivity contribution is -0.180. The highest BCUT2D eigenvalue weighted by Gasteiger charge is 2.40. The van der Waals surface area contributed by atoms with E-state index in [-0.39, 0.29) is 18.0 Å². The molecule has 54 heavy (non-hydrogen) atoms. The Morgan fingerprint density at radius 3 is 1.91 bits per heavy atom. The van der Waals surface area contributed by atoms with Crippen LogP contribution >= 0.6 is 0 Å². The first-order chi connectivity index (χ1) is 26.1. The Balaban J connectivity index is 2.36. The Morgan fingerprint density at radius 2 is 1.33 bits per heavy atom. The van der Waals surface area contributed by atoms with Crippen molar-refractivity contribution in [3.05, 3.63) is 29.8 Å². The summed E-state index contributed by atoms with van der Waals surface area (Å²) in [5.74, 6) is 0.346. The Labute approximate surface area is 332 Å². The predicted molar refractivity (Wildman–Crippen MR) is 223 cm³/mol. The predicted octanol–water partition coefficient (Wildman–Crippen LogP) is 12.2. The molecule has 7 heteroatoms. The molecule has 7 nitrogen and oxygen atoms in total. The number of carbonyl (C=O) groups is 2. The lowest BCUT2D eigenvalue weighted by atomic mass is 9.98. The number of nitrogens with zero attached hydrogens (tertiary/aromatic N) is 1. The van der Waals surface area contributed by atoms with Crippen molar-refractivity contribution in [2.45, 2.75) is 213 Å². The molecule has 0 spiro atoms. The van der Waals surface area contributed by atoms with Crippen LogP contribution in [0, 0.1) is 11.8 Å². The number of ether oxygens (including phenoxy) is 4. The smallest absolute Gasteiger partial charge is 0.305 e. The zero-order valence-electron chi connectivity index (χ0n) is 36.0.